The summed E-state index contributed by atoms with van der Waals surface area (Å²) >= 11 is 10.7. The first-order valence-electron chi connectivity index (χ1n) is 9.86. The highest BCUT2D eigenvalue weighted by molar-refractivity contribution is 7.82. The van der Waals surface area contributed by atoms with Gasteiger partial charge in [-0.2, -0.15) is 0 Å². The van der Waals surface area contributed by atoms with Gasteiger partial charge in [-0.3, -0.25) is 9.59 Å². The second-order valence-electron chi connectivity index (χ2n) is 7.16. The van der Waals surface area contributed by atoms with Gasteiger partial charge in [0.25, 0.3) is 11.8 Å². The minimum atomic E-state index is -0.322. The van der Waals surface area contributed by atoms with Gasteiger partial charge in [-0.25, -0.2) is 0 Å². The van der Waals surface area contributed by atoms with Crippen LogP contribution < -0.4 is 10.6 Å². The molecule has 2 fully saturated rings. The third-order valence-corrected chi connectivity index (χ3v) is 5.99. The van der Waals surface area contributed by atoms with Crippen LogP contribution in [0.4, 0.5) is 11.4 Å². The fourth-order valence-electron chi connectivity index (χ4n) is 3.53. The summed E-state index contributed by atoms with van der Waals surface area (Å²) in [6.07, 6.45) is 6.54. The predicted molar refractivity (Wildman–Crippen MR) is 120 cm³/mol. The SMILES string of the molecule is O=C(Nc1ccccc1NC(=O)C(=S)N1CCCCC1)C(=S)N1CCCCC1. The van der Waals surface area contributed by atoms with Crippen LogP contribution in [0.1, 0.15) is 38.5 Å². The molecule has 8 heteroatoms. The summed E-state index contributed by atoms with van der Waals surface area (Å²) in [5.41, 5.74) is 1.03. The maximum Gasteiger partial charge on any atom is 0.283 e. The summed E-state index contributed by atoms with van der Waals surface area (Å²) in [6, 6.07) is 7.10. The quantitative estimate of drug-likeness (QED) is 0.719. The Morgan fingerprint density at radius 1 is 0.679 bits per heavy atom. The zero-order chi connectivity index (χ0) is 19.9. The van der Waals surface area contributed by atoms with E-state index < -0.39 is 0 Å². The molecule has 2 aliphatic rings. The number of amides is 2. The molecular weight excluding hydrogens is 392 g/mol. The first-order valence-corrected chi connectivity index (χ1v) is 10.7. The molecule has 28 heavy (non-hydrogen) atoms. The maximum atomic E-state index is 12.6. The minimum Gasteiger partial charge on any atom is -0.358 e. The van der Waals surface area contributed by atoms with Gasteiger partial charge < -0.3 is 20.4 Å². The van der Waals surface area contributed by atoms with Crippen LogP contribution in [0.15, 0.2) is 24.3 Å². The molecule has 2 amide bonds. The number of benzene rings is 1. The Bertz CT molecular complexity index is 693. The Hall–Kier alpha value is -2.06. The number of nitrogens with zero attached hydrogens (tertiary/aromatic N) is 2. The highest BCUT2D eigenvalue weighted by Gasteiger charge is 2.22. The third kappa shape index (κ3) is 5.26. The molecule has 0 bridgehead atoms. The van der Waals surface area contributed by atoms with Crippen molar-refractivity contribution in [2.75, 3.05) is 36.8 Å². The average molecular weight is 419 g/mol. The van der Waals surface area contributed by atoms with Crippen LogP contribution in [0, 0.1) is 0 Å². The van der Waals surface area contributed by atoms with Gasteiger partial charge in [-0.05, 0) is 50.7 Å². The van der Waals surface area contributed by atoms with Gasteiger partial charge in [0.1, 0.15) is 0 Å². The van der Waals surface area contributed by atoms with Gasteiger partial charge in [-0.15, -0.1) is 0 Å². The molecule has 0 unspecified atom stereocenters. The lowest BCUT2D eigenvalue weighted by atomic mass is 10.1. The van der Waals surface area contributed by atoms with Crippen molar-refractivity contribution >= 4 is 57.6 Å². The number of anilines is 2. The number of likely N-dealkylation sites (tertiary alicyclic amines) is 2. The number of hydrogen-bond donors (Lipinski definition) is 2. The van der Waals surface area contributed by atoms with Crippen LogP contribution in [0.5, 0.6) is 0 Å². The Labute approximate surface area is 176 Å². The Kier molecular flexibility index (Phi) is 7.33. The van der Waals surface area contributed by atoms with Gasteiger partial charge in [0, 0.05) is 26.2 Å². The Morgan fingerprint density at radius 2 is 1.04 bits per heavy atom. The molecule has 2 N–H and O–H groups in total. The van der Waals surface area contributed by atoms with E-state index in [-0.39, 0.29) is 11.8 Å². The molecule has 150 valence electrons. The number of piperidine rings is 2. The van der Waals surface area contributed by atoms with Crippen molar-refractivity contribution in [3.63, 3.8) is 0 Å². The summed E-state index contributed by atoms with van der Waals surface area (Å²) in [4.78, 5) is 29.7. The molecule has 6 nitrogen and oxygen atoms in total. The number of carbonyl (C=O) groups is 2. The lowest BCUT2D eigenvalue weighted by Gasteiger charge is -2.29. The summed E-state index contributed by atoms with van der Waals surface area (Å²) in [5, 5.41) is 5.68. The molecule has 2 heterocycles. The van der Waals surface area contributed by atoms with E-state index >= 15 is 0 Å². The Balaban J connectivity index is 1.63. The monoisotopic (exact) mass is 418 g/mol. The molecular formula is C20H26N4O2S2. The van der Waals surface area contributed by atoms with Gasteiger partial charge in [0.2, 0.25) is 0 Å². The van der Waals surface area contributed by atoms with Gasteiger partial charge in [-0.1, -0.05) is 36.6 Å². The first-order chi connectivity index (χ1) is 13.6. The number of rotatable bonds is 2. The van der Waals surface area contributed by atoms with Crippen LogP contribution >= 0.6 is 24.4 Å². The van der Waals surface area contributed by atoms with Gasteiger partial charge >= 0.3 is 0 Å². The van der Waals surface area contributed by atoms with Crippen LogP contribution in [0.25, 0.3) is 0 Å². The number of nitrogens with one attached hydrogen (secondary N) is 2. The fourth-order valence-corrected chi connectivity index (χ4v) is 4.00. The topological polar surface area (TPSA) is 64.7 Å². The molecule has 2 aliphatic heterocycles. The highest BCUT2D eigenvalue weighted by Crippen LogP contribution is 2.22. The van der Waals surface area contributed by atoms with Crippen molar-refractivity contribution < 1.29 is 9.59 Å². The maximum absolute atomic E-state index is 12.6. The van der Waals surface area contributed by atoms with Crippen molar-refractivity contribution in [1.82, 2.24) is 9.80 Å². The second kappa shape index (κ2) is 9.93. The molecule has 0 aromatic heterocycles. The number of para-hydroxylation sites is 2. The summed E-state index contributed by atoms with van der Waals surface area (Å²) in [7, 11) is 0. The van der Waals surface area contributed by atoms with Crippen molar-refractivity contribution in [1.29, 1.82) is 0 Å². The van der Waals surface area contributed by atoms with Crippen LogP contribution in [-0.4, -0.2) is 57.8 Å². The molecule has 2 saturated heterocycles. The molecule has 1 aromatic carbocycles. The zero-order valence-electron chi connectivity index (χ0n) is 15.9. The highest BCUT2D eigenvalue weighted by atomic mass is 32.1. The third-order valence-electron chi connectivity index (χ3n) is 5.10. The average Bonchev–Trinajstić information content (AvgIpc) is 2.75. The van der Waals surface area contributed by atoms with Crippen LogP contribution in [0.2, 0.25) is 0 Å². The smallest absolute Gasteiger partial charge is 0.283 e. The molecule has 1 aromatic rings. The number of hydrogen-bond acceptors (Lipinski definition) is 4. The van der Waals surface area contributed by atoms with E-state index in [0.717, 1.165) is 51.9 Å². The molecule has 0 atom stereocenters. The van der Waals surface area contributed by atoms with E-state index in [9.17, 15) is 9.59 Å². The molecule has 0 saturated carbocycles. The number of thiocarbonyl (C=S) groups is 2. The Morgan fingerprint density at radius 3 is 1.39 bits per heavy atom. The molecule has 0 aliphatic carbocycles. The van der Waals surface area contributed by atoms with E-state index in [1.54, 1.807) is 24.3 Å². The van der Waals surface area contributed by atoms with Gasteiger partial charge in [0.05, 0.1) is 11.4 Å². The zero-order valence-corrected chi connectivity index (χ0v) is 17.5. The fraction of sp³-hybridized carbons (Fsp3) is 0.500. The van der Waals surface area contributed by atoms with Crippen molar-refractivity contribution in [3.8, 4) is 0 Å². The van der Waals surface area contributed by atoms with E-state index in [0.29, 0.717) is 21.4 Å². The van der Waals surface area contributed by atoms with Gasteiger partial charge in [0.15, 0.2) is 9.98 Å². The molecule has 0 spiro atoms. The lowest BCUT2D eigenvalue weighted by molar-refractivity contribution is -0.111. The van der Waals surface area contributed by atoms with E-state index in [2.05, 4.69) is 10.6 Å². The first kappa shape index (κ1) is 20.7. The normalized spacial score (nSPS) is 17.0. The van der Waals surface area contributed by atoms with E-state index in [1.165, 1.54) is 12.8 Å². The summed E-state index contributed by atoms with van der Waals surface area (Å²) < 4.78 is 0. The lowest BCUT2D eigenvalue weighted by Crippen LogP contribution is -2.42. The summed E-state index contributed by atoms with van der Waals surface area (Å²) in [5.74, 6) is -0.644. The number of carbonyl (C=O) groups excluding carboxylic acids is 2. The predicted octanol–water partition coefficient (Wildman–Crippen LogP) is 3.19. The molecule has 0 radical (unpaired) electrons. The minimum absolute atomic E-state index is 0.296. The second-order valence-corrected chi connectivity index (χ2v) is 7.93. The standard InChI is InChI=1S/C20H26N4O2S2/c25-17(19(27)23-11-5-1-6-12-23)21-15-9-3-4-10-16(15)22-18(26)20(28)24-13-7-2-8-14-24/h3-4,9-10H,1-2,5-8,11-14H2,(H,21,25)(H,22,26). The van der Waals surface area contributed by atoms with Crippen LogP contribution in [0.3, 0.4) is 0 Å². The van der Waals surface area contributed by atoms with Crippen molar-refractivity contribution in [2.24, 2.45) is 0 Å². The molecule has 3 rings (SSSR count). The van der Waals surface area contributed by atoms with E-state index in [1.807, 2.05) is 9.80 Å². The largest absolute Gasteiger partial charge is 0.358 e. The van der Waals surface area contributed by atoms with E-state index in [4.69, 9.17) is 24.4 Å². The summed E-state index contributed by atoms with van der Waals surface area (Å²) in [6.45, 7) is 3.26. The van der Waals surface area contributed by atoms with Crippen molar-refractivity contribution in [3.05, 3.63) is 24.3 Å². The van der Waals surface area contributed by atoms with Crippen LogP contribution in [-0.2, 0) is 9.59 Å². The van der Waals surface area contributed by atoms with Crippen molar-refractivity contribution in [2.45, 2.75) is 38.5 Å².